The molecule has 0 saturated heterocycles. The van der Waals surface area contributed by atoms with Gasteiger partial charge in [0.25, 0.3) is 0 Å². The van der Waals surface area contributed by atoms with Crippen LogP contribution < -0.4 is 5.32 Å². The number of anilines is 1. The Bertz CT molecular complexity index is 1000. The first-order valence-corrected chi connectivity index (χ1v) is 7.69. The first-order chi connectivity index (χ1) is 12.0. The maximum atomic E-state index is 12.1. The van der Waals surface area contributed by atoms with Crippen molar-refractivity contribution in [1.29, 1.82) is 0 Å². The van der Waals surface area contributed by atoms with Crippen molar-refractivity contribution in [1.82, 2.24) is 9.78 Å². The summed E-state index contributed by atoms with van der Waals surface area (Å²) in [6, 6.07) is 10.2. The van der Waals surface area contributed by atoms with Crippen LogP contribution in [0.15, 0.2) is 48.7 Å². The van der Waals surface area contributed by atoms with Crippen molar-refractivity contribution in [2.45, 2.75) is 6.92 Å². The van der Waals surface area contributed by atoms with Gasteiger partial charge in [0.15, 0.2) is 0 Å². The minimum Gasteiger partial charge on any atom is -0.478 e. The highest BCUT2D eigenvalue weighted by Gasteiger charge is 2.10. The molecule has 2 N–H and O–H groups in total. The number of carboxylic acids is 1. The number of nitrogens with one attached hydrogen (secondary N) is 1. The Morgan fingerprint density at radius 3 is 2.76 bits per heavy atom. The monoisotopic (exact) mass is 335 g/mol. The van der Waals surface area contributed by atoms with Crippen molar-refractivity contribution in [2.75, 3.05) is 5.32 Å². The maximum absolute atomic E-state index is 12.1. The van der Waals surface area contributed by atoms with Gasteiger partial charge in [0.2, 0.25) is 5.91 Å². The van der Waals surface area contributed by atoms with Crippen LogP contribution in [-0.4, -0.2) is 26.8 Å². The lowest BCUT2D eigenvalue weighted by Crippen LogP contribution is -2.11. The van der Waals surface area contributed by atoms with Crippen molar-refractivity contribution in [3.63, 3.8) is 0 Å². The summed E-state index contributed by atoms with van der Waals surface area (Å²) in [5, 5.41) is 17.0. The number of carboxylic acid groups (broad SMARTS) is 1. The third-order valence-corrected chi connectivity index (χ3v) is 3.89. The number of aromatic carboxylic acids is 1. The van der Waals surface area contributed by atoms with E-state index in [1.54, 1.807) is 30.5 Å². The van der Waals surface area contributed by atoms with Crippen LogP contribution in [0.3, 0.4) is 0 Å². The van der Waals surface area contributed by atoms with E-state index in [1.807, 2.05) is 30.8 Å². The zero-order valence-electron chi connectivity index (χ0n) is 13.9. The lowest BCUT2D eigenvalue weighted by atomic mass is 10.1. The molecule has 25 heavy (non-hydrogen) atoms. The first-order valence-electron chi connectivity index (χ1n) is 7.69. The van der Waals surface area contributed by atoms with Crippen LogP contribution in [0.1, 0.15) is 21.5 Å². The van der Waals surface area contributed by atoms with Crippen LogP contribution in [0.5, 0.6) is 0 Å². The number of hydrogen-bond donors (Lipinski definition) is 2. The molecule has 6 nitrogen and oxygen atoms in total. The summed E-state index contributed by atoms with van der Waals surface area (Å²) < 4.78 is 1.81. The number of para-hydroxylation sites is 1. The maximum Gasteiger partial charge on any atom is 0.337 e. The zero-order valence-corrected chi connectivity index (χ0v) is 13.9. The molecule has 126 valence electrons. The van der Waals surface area contributed by atoms with Gasteiger partial charge in [-0.25, -0.2) is 4.79 Å². The van der Waals surface area contributed by atoms with Crippen molar-refractivity contribution in [3.8, 4) is 0 Å². The number of benzene rings is 2. The number of carbonyl (C=O) groups is 2. The van der Waals surface area contributed by atoms with Gasteiger partial charge in [0, 0.05) is 18.5 Å². The van der Waals surface area contributed by atoms with E-state index in [1.165, 1.54) is 12.1 Å². The van der Waals surface area contributed by atoms with Crippen molar-refractivity contribution >= 4 is 34.5 Å². The minimum atomic E-state index is -1.09. The Balaban J connectivity index is 1.81. The van der Waals surface area contributed by atoms with Crippen molar-refractivity contribution in [2.24, 2.45) is 7.05 Å². The van der Waals surface area contributed by atoms with E-state index in [2.05, 4.69) is 10.4 Å². The molecule has 3 aromatic rings. The molecule has 0 radical (unpaired) electrons. The number of carbonyl (C=O) groups excluding carboxylic acids is 1. The summed E-state index contributed by atoms with van der Waals surface area (Å²) in [5.41, 5.74) is 3.31. The second kappa shape index (κ2) is 6.60. The van der Waals surface area contributed by atoms with E-state index in [4.69, 9.17) is 5.11 Å². The largest absolute Gasteiger partial charge is 0.478 e. The molecule has 2 aromatic carbocycles. The van der Waals surface area contributed by atoms with Crippen LogP contribution in [0, 0.1) is 6.92 Å². The molecule has 0 aliphatic carbocycles. The molecule has 1 heterocycles. The number of amides is 1. The van der Waals surface area contributed by atoms with Gasteiger partial charge >= 0.3 is 5.97 Å². The van der Waals surface area contributed by atoms with E-state index in [0.29, 0.717) is 0 Å². The van der Waals surface area contributed by atoms with E-state index in [-0.39, 0.29) is 11.3 Å². The molecule has 0 unspecified atom stereocenters. The van der Waals surface area contributed by atoms with E-state index in [0.717, 1.165) is 22.0 Å². The highest BCUT2D eigenvalue weighted by Crippen LogP contribution is 2.21. The standard InChI is InChI=1S/C19H17N3O3/c1-12-9-13(10-14-11-20-22(2)18(12)14)7-8-17(23)21-16-6-4-3-5-15(16)19(24)25/h3-11H,1-2H3,(H,21,23)(H,24,25)/b8-7+. The van der Waals surface area contributed by atoms with Gasteiger partial charge in [-0.05, 0) is 48.4 Å². The molecular formula is C19H17N3O3. The SMILES string of the molecule is Cc1cc(/C=C/C(=O)Nc2ccccc2C(=O)O)cc2cnn(C)c12. The topological polar surface area (TPSA) is 84.2 Å². The van der Waals surface area contributed by atoms with E-state index in [9.17, 15) is 9.59 Å². The molecule has 0 bridgehead atoms. The summed E-state index contributed by atoms with van der Waals surface area (Å²) in [5.74, 6) is -1.48. The molecule has 0 atom stereocenters. The Kier molecular flexibility index (Phi) is 4.35. The number of fused-ring (bicyclic) bond motifs is 1. The molecule has 6 heteroatoms. The Morgan fingerprint density at radius 1 is 1.24 bits per heavy atom. The number of nitrogens with zero attached hydrogens (tertiary/aromatic N) is 2. The summed E-state index contributed by atoms with van der Waals surface area (Å²) in [7, 11) is 1.89. The first kappa shape index (κ1) is 16.4. The predicted molar refractivity (Wildman–Crippen MR) is 96.5 cm³/mol. The van der Waals surface area contributed by atoms with E-state index >= 15 is 0 Å². The van der Waals surface area contributed by atoms with Gasteiger partial charge in [0.1, 0.15) is 0 Å². The van der Waals surface area contributed by atoms with Crippen LogP contribution in [0.4, 0.5) is 5.69 Å². The van der Waals surface area contributed by atoms with Gasteiger partial charge in [0.05, 0.1) is 23.0 Å². The van der Waals surface area contributed by atoms with Crippen LogP contribution >= 0.6 is 0 Å². The molecule has 1 amide bonds. The molecule has 0 aliphatic rings. The number of aromatic nitrogens is 2. The van der Waals surface area contributed by atoms with Gasteiger partial charge in [-0.2, -0.15) is 5.10 Å². The molecule has 0 fully saturated rings. The lowest BCUT2D eigenvalue weighted by Gasteiger charge is -2.06. The quantitative estimate of drug-likeness (QED) is 0.717. The normalized spacial score (nSPS) is 11.1. The minimum absolute atomic E-state index is 0.0527. The molecule has 0 saturated carbocycles. The third-order valence-electron chi connectivity index (χ3n) is 3.89. The Morgan fingerprint density at radius 2 is 2.00 bits per heavy atom. The fraction of sp³-hybridized carbons (Fsp3) is 0.105. The highest BCUT2D eigenvalue weighted by molar-refractivity contribution is 6.06. The Hall–Kier alpha value is -3.41. The smallest absolute Gasteiger partial charge is 0.337 e. The van der Waals surface area contributed by atoms with Crippen LogP contribution in [0.2, 0.25) is 0 Å². The molecule has 3 rings (SSSR count). The van der Waals surface area contributed by atoms with Gasteiger partial charge in [-0.3, -0.25) is 9.48 Å². The number of rotatable bonds is 4. The van der Waals surface area contributed by atoms with Gasteiger partial charge in [-0.1, -0.05) is 12.1 Å². The second-order valence-electron chi connectivity index (χ2n) is 5.72. The van der Waals surface area contributed by atoms with Crippen molar-refractivity contribution in [3.05, 3.63) is 65.4 Å². The second-order valence-corrected chi connectivity index (χ2v) is 5.72. The fourth-order valence-corrected chi connectivity index (χ4v) is 2.80. The van der Waals surface area contributed by atoms with Crippen LogP contribution in [-0.2, 0) is 11.8 Å². The zero-order chi connectivity index (χ0) is 18.0. The predicted octanol–water partition coefficient (Wildman–Crippen LogP) is 3.23. The molecule has 0 spiro atoms. The summed E-state index contributed by atoms with van der Waals surface area (Å²) in [4.78, 5) is 23.3. The Labute approximate surface area is 144 Å². The number of aryl methyl sites for hydroxylation is 2. The lowest BCUT2D eigenvalue weighted by molar-refractivity contribution is -0.111. The third kappa shape index (κ3) is 3.42. The number of hydrogen-bond acceptors (Lipinski definition) is 3. The molecule has 1 aromatic heterocycles. The van der Waals surface area contributed by atoms with Gasteiger partial charge < -0.3 is 10.4 Å². The molecule has 0 aliphatic heterocycles. The van der Waals surface area contributed by atoms with E-state index < -0.39 is 11.9 Å². The summed E-state index contributed by atoms with van der Waals surface area (Å²) in [6.45, 7) is 1.99. The highest BCUT2D eigenvalue weighted by atomic mass is 16.4. The van der Waals surface area contributed by atoms with Crippen molar-refractivity contribution < 1.29 is 14.7 Å². The average molecular weight is 335 g/mol. The summed E-state index contributed by atoms with van der Waals surface area (Å²) >= 11 is 0. The fourth-order valence-electron chi connectivity index (χ4n) is 2.80. The molecular weight excluding hydrogens is 318 g/mol. The summed E-state index contributed by atoms with van der Waals surface area (Å²) in [6.07, 6.45) is 4.86. The van der Waals surface area contributed by atoms with Crippen LogP contribution in [0.25, 0.3) is 17.0 Å². The average Bonchev–Trinajstić information content (AvgIpc) is 2.95. The van der Waals surface area contributed by atoms with Gasteiger partial charge in [-0.15, -0.1) is 0 Å².